The first kappa shape index (κ1) is 17.3. The van der Waals surface area contributed by atoms with Crippen molar-refractivity contribution in [3.8, 4) is 0 Å². The van der Waals surface area contributed by atoms with Crippen molar-refractivity contribution >= 4 is 67.9 Å². The van der Waals surface area contributed by atoms with E-state index < -0.39 is 11.7 Å². The summed E-state index contributed by atoms with van der Waals surface area (Å²) in [6.45, 7) is 5.50. The van der Waals surface area contributed by atoms with Crippen molar-refractivity contribution in [2.45, 2.75) is 26.4 Å². The minimum atomic E-state index is -0.568. The van der Waals surface area contributed by atoms with Crippen LogP contribution in [0.5, 0.6) is 0 Å². The Morgan fingerprint density at radius 2 is 2.00 bits per heavy atom. The number of nitrogens with zero attached hydrogens (tertiary/aromatic N) is 2. The average molecular weight is 458 g/mol. The number of benzene rings is 1. The fourth-order valence-corrected chi connectivity index (χ4v) is 3.16. The van der Waals surface area contributed by atoms with E-state index in [1.165, 1.54) is 4.90 Å². The lowest BCUT2D eigenvalue weighted by Gasteiger charge is -2.25. The molecule has 2 aromatic heterocycles. The van der Waals surface area contributed by atoms with Gasteiger partial charge in [-0.05, 0) is 61.6 Å². The van der Waals surface area contributed by atoms with Gasteiger partial charge in [-0.25, -0.2) is 9.78 Å². The molecule has 0 unspecified atom stereocenters. The van der Waals surface area contributed by atoms with Gasteiger partial charge in [0.15, 0.2) is 0 Å². The van der Waals surface area contributed by atoms with Gasteiger partial charge in [0.1, 0.15) is 11.2 Å². The van der Waals surface area contributed by atoms with E-state index in [1.807, 2.05) is 32.9 Å². The molecule has 0 fully saturated rings. The van der Waals surface area contributed by atoms with Gasteiger partial charge < -0.3 is 9.72 Å². The second-order valence-corrected chi connectivity index (χ2v) is 8.24. The van der Waals surface area contributed by atoms with Gasteiger partial charge in [-0.2, -0.15) is 0 Å². The number of H-pyrrole nitrogens is 1. The van der Waals surface area contributed by atoms with E-state index in [2.05, 4.69) is 32.6 Å². The Morgan fingerprint density at radius 3 is 2.67 bits per heavy atom. The van der Waals surface area contributed by atoms with Crippen LogP contribution in [0.2, 0.25) is 5.02 Å². The number of amides is 1. The summed E-state index contributed by atoms with van der Waals surface area (Å²) in [5.74, 6) is 0. The van der Waals surface area contributed by atoms with Crippen LogP contribution < -0.4 is 4.90 Å². The van der Waals surface area contributed by atoms with E-state index in [4.69, 9.17) is 16.3 Å². The molecule has 1 N–H and O–H groups in total. The molecule has 0 aliphatic carbocycles. The summed E-state index contributed by atoms with van der Waals surface area (Å²) in [6.07, 6.45) is 1.35. The molecular weight excluding hydrogens is 441 g/mol. The molecule has 0 aliphatic rings. The molecule has 7 heteroatoms. The molecule has 1 amide bonds. The Balaban J connectivity index is 2.17. The van der Waals surface area contributed by atoms with Gasteiger partial charge in [-0.3, -0.25) is 4.90 Å². The highest BCUT2D eigenvalue weighted by molar-refractivity contribution is 14.1. The molecule has 126 valence electrons. The number of aromatic nitrogens is 2. The van der Waals surface area contributed by atoms with Gasteiger partial charge >= 0.3 is 6.09 Å². The van der Waals surface area contributed by atoms with Crippen molar-refractivity contribution in [1.82, 2.24) is 9.97 Å². The lowest BCUT2D eigenvalue weighted by atomic mass is 10.1. The molecule has 0 aliphatic heterocycles. The fourth-order valence-electron chi connectivity index (χ4n) is 2.49. The molecule has 3 aromatic rings. The molecule has 0 spiro atoms. The van der Waals surface area contributed by atoms with Gasteiger partial charge in [0.2, 0.25) is 0 Å². The van der Waals surface area contributed by atoms with Crippen molar-refractivity contribution in [2.24, 2.45) is 0 Å². The standard InChI is InChI=1S/C17H17ClIN3O2/c1-17(2,3)24-16(23)22(4)13-6-9(18)5-11-12-7-10(19)8-20-15(12)21-14(11)13/h5-8H,1-4H3,(H,20,21). The first-order valence-corrected chi connectivity index (χ1v) is 8.84. The summed E-state index contributed by atoms with van der Waals surface area (Å²) in [5.41, 5.74) is 1.64. The number of carbonyl (C=O) groups excluding carboxylic acids is 1. The normalized spacial score (nSPS) is 11.9. The largest absolute Gasteiger partial charge is 0.443 e. The van der Waals surface area contributed by atoms with Gasteiger partial charge in [0.05, 0.1) is 11.2 Å². The van der Waals surface area contributed by atoms with Crippen LogP contribution in [0.3, 0.4) is 0 Å². The summed E-state index contributed by atoms with van der Waals surface area (Å²) in [7, 11) is 1.67. The maximum atomic E-state index is 12.4. The van der Waals surface area contributed by atoms with E-state index in [-0.39, 0.29) is 0 Å². The quantitative estimate of drug-likeness (QED) is 0.502. The smallest absolute Gasteiger partial charge is 0.414 e. The summed E-state index contributed by atoms with van der Waals surface area (Å²) < 4.78 is 6.48. The first-order valence-electron chi connectivity index (χ1n) is 7.39. The minimum absolute atomic E-state index is 0.438. The van der Waals surface area contributed by atoms with Crippen LogP contribution in [0.4, 0.5) is 10.5 Å². The van der Waals surface area contributed by atoms with Gasteiger partial charge in [-0.15, -0.1) is 0 Å². The molecule has 0 bridgehead atoms. The van der Waals surface area contributed by atoms with Gasteiger partial charge in [0, 0.05) is 32.6 Å². The predicted molar refractivity (Wildman–Crippen MR) is 106 cm³/mol. The number of aromatic amines is 1. The molecule has 0 saturated heterocycles. The molecule has 2 heterocycles. The number of halogens is 2. The van der Waals surface area contributed by atoms with E-state index in [0.29, 0.717) is 10.7 Å². The summed E-state index contributed by atoms with van der Waals surface area (Å²) in [6, 6.07) is 5.66. The topological polar surface area (TPSA) is 58.2 Å². The Morgan fingerprint density at radius 1 is 1.29 bits per heavy atom. The minimum Gasteiger partial charge on any atom is -0.443 e. The number of pyridine rings is 1. The van der Waals surface area contributed by atoms with Crippen molar-refractivity contribution in [3.05, 3.63) is 33.0 Å². The Kier molecular flexibility index (Phi) is 4.37. The number of hydrogen-bond acceptors (Lipinski definition) is 3. The molecular formula is C17H17ClIN3O2. The summed E-state index contributed by atoms with van der Waals surface area (Å²) in [4.78, 5) is 21.6. The van der Waals surface area contributed by atoms with Crippen LogP contribution >= 0.6 is 34.2 Å². The lowest BCUT2D eigenvalue weighted by Crippen LogP contribution is -2.34. The van der Waals surface area contributed by atoms with E-state index in [0.717, 1.165) is 25.5 Å². The van der Waals surface area contributed by atoms with Crippen LogP contribution in [0, 0.1) is 3.57 Å². The second kappa shape index (κ2) is 6.07. The number of carbonyl (C=O) groups is 1. The zero-order valence-electron chi connectivity index (χ0n) is 13.8. The maximum absolute atomic E-state index is 12.4. The first-order chi connectivity index (χ1) is 11.2. The Bertz CT molecular complexity index is 946. The third kappa shape index (κ3) is 3.30. The maximum Gasteiger partial charge on any atom is 0.414 e. The van der Waals surface area contributed by atoms with E-state index in [1.54, 1.807) is 19.3 Å². The van der Waals surface area contributed by atoms with Crippen molar-refractivity contribution < 1.29 is 9.53 Å². The Hall–Kier alpha value is -1.54. The van der Waals surface area contributed by atoms with E-state index >= 15 is 0 Å². The van der Waals surface area contributed by atoms with Crippen molar-refractivity contribution in [3.63, 3.8) is 0 Å². The molecule has 0 atom stereocenters. The van der Waals surface area contributed by atoms with Crippen LogP contribution in [0.25, 0.3) is 21.9 Å². The molecule has 24 heavy (non-hydrogen) atoms. The molecule has 0 radical (unpaired) electrons. The van der Waals surface area contributed by atoms with Crippen LogP contribution in [-0.2, 0) is 4.74 Å². The third-order valence-electron chi connectivity index (χ3n) is 3.50. The molecule has 1 aromatic carbocycles. The predicted octanol–water partition coefficient (Wildman–Crippen LogP) is 5.35. The van der Waals surface area contributed by atoms with Gasteiger partial charge in [0.25, 0.3) is 0 Å². The van der Waals surface area contributed by atoms with Crippen molar-refractivity contribution in [1.29, 1.82) is 0 Å². The van der Waals surface area contributed by atoms with Crippen molar-refractivity contribution in [2.75, 3.05) is 11.9 Å². The van der Waals surface area contributed by atoms with E-state index in [9.17, 15) is 4.79 Å². The molecule has 3 rings (SSSR count). The zero-order valence-corrected chi connectivity index (χ0v) is 16.7. The number of rotatable bonds is 1. The monoisotopic (exact) mass is 457 g/mol. The highest BCUT2D eigenvalue weighted by atomic mass is 127. The summed E-state index contributed by atoms with van der Waals surface area (Å²) >= 11 is 8.51. The number of ether oxygens (including phenoxy) is 1. The van der Waals surface area contributed by atoms with Crippen LogP contribution in [0.1, 0.15) is 20.8 Å². The second-order valence-electron chi connectivity index (χ2n) is 6.56. The van der Waals surface area contributed by atoms with Gasteiger partial charge in [-0.1, -0.05) is 11.6 Å². The van der Waals surface area contributed by atoms with Crippen LogP contribution in [0.15, 0.2) is 24.4 Å². The zero-order chi connectivity index (χ0) is 17.6. The number of fused-ring (bicyclic) bond motifs is 3. The molecule has 0 saturated carbocycles. The Labute approximate surface area is 158 Å². The molecule has 5 nitrogen and oxygen atoms in total. The number of nitrogens with one attached hydrogen (secondary N) is 1. The lowest BCUT2D eigenvalue weighted by molar-refractivity contribution is 0.0589. The third-order valence-corrected chi connectivity index (χ3v) is 4.31. The highest BCUT2D eigenvalue weighted by Crippen LogP contribution is 2.35. The number of anilines is 1. The fraction of sp³-hybridized carbons (Fsp3) is 0.294. The highest BCUT2D eigenvalue weighted by Gasteiger charge is 2.23. The SMILES string of the molecule is CN(C(=O)OC(C)(C)C)c1cc(Cl)cc2c1[nH]c1ncc(I)cc12. The number of hydrogen-bond donors (Lipinski definition) is 1. The average Bonchev–Trinajstić information content (AvgIpc) is 2.82. The summed E-state index contributed by atoms with van der Waals surface area (Å²) in [5, 5.41) is 2.44. The van der Waals surface area contributed by atoms with Crippen LogP contribution in [-0.4, -0.2) is 28.7 Å².